The highest BCUT2D eigenvalue weighted by Crippen LogP contribution is 2.17. The zero-order valence-electron chi connectivity index (χ0n) is 10.5. The van der Waals surface area contributed by atoms with Crippen LogP contribution in [-0.2, 0) is 13.1 Å². The molecule has 0 aliphatic carbocycles. The predicted octanol–water partition coefficient (Wildman–Crippen LogP) is 0.943. The molecule has 1 N–H and O–H groups in total. The van der Waals surface area contributed by atoms with Crippen LogP contribution in [0.3, 0.4) is 0 Å². The van der Waals surface area contributed by atoms with Crippen molar-refractivity contribution in [3.8, 4) is 0 Å². The lowest BCUT2D eigenvalue weighted by molar-refractivity contribution is 0.124. The third-order valence-corrected chi connectivity index (χ3v) is 3.70. The number of nitrogens with zero attached hydrogens (tertiary/aromatic N) is 3. The van der Waals surface area contributed by atoms with E-state index in [4.69, 9.17) is 0 Å². The minimum atomic E-state index is 0.609. The van der Waals surface area contributed by atoms with Crippen LogP contribution < -0.4 is 5.32 Å². The Morgan fingerprint density at radius 3 is 3.00 bits per heavy atom. The lowest BCUT2D eigenvalue weighted by Gasteiger charge is -2.35. The normalized spacial score (nSPS) is 20.4. The largest absolute Gasteiger partial charge is 0.333 e. The Hall–Kier alpha value is -0.870. The van der Waals surface area contributed by atoms with Crippen molar-refractivity contribution in [2.45, 2.75) is 33.0 Å². The van der Waals surface area contributed by atoms with E-state index in [9.17, 15) is 0 Å². The lowest BCUT2D eigenvalue weighted by Crippen LogP contribution is -2.44. The molecule has 0 saturated heterocycles. The molecular weight excluding hydrogens is 200 g/mol. The second-order valence-corrected chi connectivity index (χ2v) is 4.78. The van der Waals surface area contributed by atoms with Crippen LogP contribution in [0.15, 0.2) is 12.4 Å². The van der Waals surface area contributed by atoms with Gasteiger partial charge in [-0.05, 0) is 26.4 Å². The molecule has 4 heteroatoms. The van der Waals surface area contributed by atoms with Gasteiger partial charge in [-0.25, -0.2) is 4.98 Å². The van der Waals surface area contributed by atoms with Crippen molar-refractivity contribution >= 4 is 0 Å². The molecule has 2 rings (SSSR count). The summed E-state index contributed by atoms with van der Waals surface area (Å²) in [4.78, 5) is 6.93. The SMILES string of the molecule is CNCC(C)C(C)N1CCn2ccnc2C1. The summed E-state index contributed by atoms with van der Waals surface area (Å²) in [6.45, 7) is 8.90. The molecule has 16 heavy (non-hydrogen) atoms. The fraction of sp³-hybridized carbons (Fsp3) is 0.750. The minimum Gasteiger partial charge on any atom is -0.333 e. The Balaban J connectivity index is 1.97. The Bertz CT molecular complexity index is 334. The highest BCUT2D eigenvalue weighted by Gasteiger charge is 2.24. The van der Waals surface area contributed by atoms with Crippen molar-refractivity contribution in [1.82, 2.24) is 19.8 Å². The van der Waals surface area contributed by atoms with Gasteiger partial charge in [-0.3, -0.25) is 4.90 Å². The van der Waals surface area contributed by atoms with Gasteiger partial charge in [0.25, 0.3) is 0 Å². The molecule has 0 bridgehead atoms. The Kier molecular flexibility index (Phi) is 3.61. The average molecular weight is 222 g/mol. The van der Waals surface area contributed by atoms with E-state index in [1.165, 1.54) is 5.82 Å². The third kappa shape index (κ3) is 2.28. The highest BCUT2D eigenvalue weighted by molar-refractivity contribution is 4.96. The van der Waals surface area contributed by atoms with Crippen LogP contribution in [0.1, 0.15) is 19.7 Å². The number of fused-ring (bicyclic) bond motifs is 1. The molecule has 1 aliphatic rings. The third-order valence-electron chi connectivity index (χ3n) is 3.70. The summed E-state index contributed by atoms with van der Waals surface area (Å²) in [5.74, 6) is 1.88. The predicted molar refractivity (Wildman–Crippen MR) is 65.2 cm³/mol. The fourth-order valence-electron chi connectivity index (χ4n) is 2.39. The molecule has 90 valence electrons. The summed E-state index contributed by atoms with van der Waals surface area (Å²) >= 11 is 0. The number of imidazole rings is 1. The van der Waals surface area contributed by atoms with E-state index in [1.54, 1.807) is 0 Å². The van der Waals surface area contributed by atoms with Gasteiger partial charge >= 0.3 is 0 Å². The van der Waals surface area contributed by atoms with Crippen molar-refractivity contribution in [2.24, 2.45) is 5.92 Å². The molecule has 1 aliphatic heterocycles. The molecule has 2 heterocycles. The van der Waals surface area contributed by atoms with Crippen molar-refractivity contribution in [2.75, 3.05) is 20.1 Å². The van der Waals surface area contributed by atoms with Crippen LogP contribution >= 0.6 is 0 Å². The zero-order chi connectivity index (χ0) is 11.5. The van der Waals surface area contributed by atoms with Crippen LogP contribution in [0.5, 0.6) is 0 Å². The highest BCUT2D eigenvalue weighted by atomic mass is 15.2. The van der Waals surface area contributed by atoms with E-state index in [2.05, 4.69) is 39.8 Å². The number of rotatable bonds is 4. The van der Waals surface area contributed by atoms with Gasteiger partial charge in [-0.15, -0.1) is 0 Å². The van der Waals surface area contributed by atoms with Crippen molar-refractivity contribution in [3.05, 3.63) is 18.2 Å². The van der Waals surface area contributed by atoms with Gasteiger partial charge < -0.3 is 9.88 Å². The second-order valence-electron chi connectivity index (χ2n) is 4.78. The van der Waals surface area contributed by atoms with E-state index in [0.29, 0.717) is 12.0 Å². The quantitative estimate of drug-likeness (QED) is 0.823. The maximum Gasteiger partial charge on any atom is 0.122 e. The summed E-state index contributed by atoms with van der Waals surface area (Å²) in [6.07, 6.45) is 3.98. The maximum atomic E-state index is 4.40. The molecule has 0 radical (unpaired) electrons. The van der Waals surface area contributed by atoms with Gasteiger partial charge in [0.1, 0.15) is 5.82 Å². The summed E-state index contributed by atoms with van der Waals surface area (Å²) < 4.78 is 2.26. The molecule has 0 aromatic carbocycles. The molecule has 0 spiro atoms. The van der Waals surface area contributed by atoms with E-state index >= 15 is 0 Å². The molecule has 0 amide bonds. The van der Waals surface area contributed by atoms with Crippen LogP contribution in [-0.4, -0.2) is 40.6 Å². The fourth-order valence-corrected chi connectivity index (χ4v) is 2.39. The van der Waals surface area contributed by atoms with Gasteiger partial charge in [0.15, 0.2) is 0 Å². The van der Waals surface area contributed by atoms with Crippen LogP contribution in [0, 0.1) is 5.92 Å². The van der Waals surface area contributed by atoms with E-state index < -0.39 is 0 Å². The molecule has 2 atom stereocenters. The maximum absolute atomic E-state index is 4.40. The molecule has 0 fully saturated rings. The number of hydrogen-bond donors (Lipinski definition) is 1. The Morgan fingerprint density at radius 2 is 2.25 bits per heavy atom. The lowest BCUT2D eigenvalue weighted by atomic mass is 10.0. The summed E-state index contributed by atoms with van der Waals surface area (Å²) in [5.41, 5.74) is 0. The average Bonchev–Trinajstić information content (AvgIpc) is 2.75. The Labute approximate surface area is 97.7 Å². The van der Waals surface area contributed by atoms with Gasteiger partial charge in [0, 0.05) is 31.5 Å². The first kappa shape index (κ1) is 11.6. The van der Waals surface area contributed by atoms with Crippen LogP contribution in [0.25, 0.3) is 0 Å². The molecule has 1 aromatic rings. The topological polar surface area (TPSA) is 33.1 Å². The number of hydrogen-bond acceptors (Lipinski definition) is 3. The smallest absolute Gasteiger partial charge is 0.122 e. The molecule has 4 nitrogen and oxygen atoms in total. The molecular formula is C12H22N4. The van der Waals surface area contributed by atoms with Gasteiger partial charge in [0.05, 0.1) is 6.54 Å². The molecule has 2 unspecified atom stereocenters. The molecule has 0 saturated carbocycles. The first-order valence-corrected chi connectivity index (χ1v) is 6.11. The second kappa shape index (κ2) is 4.97. The van der Waals surface area contributed by atoms with E-state index in [0.717, 1.165) is 26.2 Å². The standard InChI is InChI=1S/C12H22N4/c1-10(8-13-3)11(2)16-7-6-15-5-4-14-12(15)9-16/h4-5,10-11,13H,6-9H2,1-3H3. The number of nitrogens with one attached hydrogen (secondary N) is 1. The van der Waals surface area contributed by atoms with Crippen molar-refractivity contribution < 1.29 is 0 Å². The van der Waals surface area contributed by atoms with Crippen LogP contribution in [0.4, 0.5) is 0 Å². The van der Waals surface area contributed by atoms with Crippen molar-refractivity contribution in [1.29, 1.82) is 0 Å². The molecule has 1 aromatic heterocycles. The van der Waals surface area contributed by atoms with Gasteiger partial charge in [-0.1, -0.05) is 6.92 Å². The van der Waals surface area contributed by atoms with Gasteiger partial charge in [-0.2, -0.15) is 0 Å². The monoisotopic (exact) mass is 222 g/mol. The zero-order valence-corrected chi connectivity index (χ0v) is 10.5. The first-order chi connectivity index (χ1) is 7.72. The first-order valence-electron chi connectivity index (χ1n) is 6.11. The van der Waals surface area contributed by atoms with Crippen LogP contribution in [0.2, 0.25) is 0 Å². The van der Waals surface area contributed by atoms with Crippen molar-refractivity contribution in [3.63, 3.8) is 0 Å². The van der Waals surface area contributed by atoms with E-state index in [-0.39, 0.29) is 0 Å². The summed E-state index contributed by atoms with van der Waals surface area (Å²) in [5, 5.41) is 3.25. The minimum absolute atomic E-state index is 0.609. The van der Waals surface area contributed by atoms with Gasteiger partial charge in [0.2, 0.25) is 0 Å². The number of aromatic nitrogens is 2. The summed E-state index contributed by atoms with van der Waals surface area (Å²) in [6, 6.07) is 0.609. The van der Waals surface area contributed by atoms with E-state index in [1.807, 2.05) is 13.2 Å². The Morgan fingerprint density at radius 1 is 1.44 bits per heavy atom. The summed E-state index contributed by atoms with van der Waals surface area (Å²) in [7, 11) is 2.02.